The van der Waals surface area contributed by atoms with Gasteiger partial charge in [-0.1, -0.05) is 0 Å². The first-order chi connectivity index (χ1) is 9.76. The van der Waals surface area contributed by atoms with Crippen LogP contribution in [0.1, 0.15) is 6.92 Å². The number of nitrogens with one attached hydrogen (secondary N) is 2. The average Bonchev–Trinajstić information content (AvgIpc) is 2.38. The molecule has 0 aromatic heterocycles. The molecule has 9 heteroatoms. The van der Waals surface area contributed by atoms with Gasteiger partial charge in [0.1, 0.15) is 0 Å². The van der Waals surface area contributed by atoms with Gasteiger partial charge in [0.15, 0.2) is 6.10 Å². The Morgan fingerprint density at radius 3 is 2.29 bits per heavy atom. The van der Waals surface area contributed by atoms with E-state index in [1.807, 2.05) is 0 Å². The van der Waals surface area contributed by atoms with Crippen molar-refractivity contribution in [3.05, 3.63) is 24.3 Å². The molecular formula is C12H16N2O6S. The minimum Gasteiger partial charge on any atom is -0.479 e. The van der Waals surface area contributed by atoms with Gasteiger partial charge in [0.25, 0.3) is 0 Å². The standard InChI is InChI=1S/C12H16N2O6S/c1-8(15)14-9-3-5-10(6-4-9)21(18,19)13-7-11(20-2)12(16)17/h3-6,11,13H,7H2,1-2H3,(H,14,15)(H,16,17). The third-order valence-corrected chi connectivity index (χ3v) is 3.94. The Balaban J connectivity index is 2.78. The first-order valence-electron chi connectivity index (χ1n) is 5.89. The van der Waals surface area contributed by atoms with E-state index >= 15 is 0 Å². The molecule has 116 valence electrons. The molecule has 21 heavy (non-hydrogen) atoms. The van der Waals surface area contributed by atoms with Crippen LogP contribution in [0.3, 0.4) is 0 Å². The van der Waals surface area contributed by atoms with E-state index < -0.39 is 22.1 Å². The summed E-state index contributed by atoms with van der Waals surface area (Å²) in [5, 5.41) is 11.3. The summed E-state index contributed by atoms with van der Waals surface area (Å²) in [5.74, 6) is -1.53. The van der Waals surface area contributed by atoms with Crippen molar-refractivity contribution in [1.82, 2.24) is 4.72 Å². The van der Waals surface area contributed by atoms with Crippen LogP contribution >= 0.6 is 0 Å². The van der Waals surface area contributed by atoms with Crippen molar-refractivity contribution in [3.8, 4) is 0 Å². The van der Waals surface area contributed by atoms with E-state index in [0.29, 0.717) is 5.69 Å². The molecule has 1 atom stereocenters. The number of methoxy groups -OCH3 is 1. The molecule has 0 aliphatic rings. The molecule has 0 spiro atoms. The molecule has 1 aromatic carbocycles. The van der Waals surface area contributed by atoms with Gasteiger partial charge in [-0.05, 0) is 24.3 Å². The molecular weight excluding hydrogens is 300 g/mol. The SMILES string of the molecule is COC(CNS(=O)(=O)c1ccc(NC(C)=O)cc1)C(=O)O. The Morgan fingerprint density at radius 2 is 1.86 bits per heavy atom. The zero-order valence-corrected chi connectivity index (χ0v) is 12.3. The highest BCUT2D eigenvalue weighted by atomic mass is 32.2. The van der Waals surface area contributed by atoms with Gasteiger partial charge in [0.2, 0.25) is 15.9 Å². The predicted octanol–water partition coefficient (Wildman–Crippen LogP) is 0.0229. The fourth-order valence-electron chi connectivity index (χ4n) is 1.46. The third-order valence-electron chi connectivity index (χ3n) is 2.50. The molecule has 0 aliphatic carbocycles. The van der Waals surface area contributed by atoms with Crippen LogP contribution in [0.4, 0.5) is 5.69 Å². The summed E-state index contributed by atoms with van der Waals surface area (Å²) in [6, 6.07) is 5.47. The maximum Gasteiger partial charge on any atom is 0.334 e. The lowest BCUT2D eigenvalue weighted by Crippen LogP contribution is -2.37. The quantitative estimate of drug-likeness (QED) is 0.652. The van der Waals surface area contributed by atoms with Crippen molar-refractivity contribution in [3.63, 3.8) is 0 Å². The van der Waals surface area contributed by atoms with Gasteiger partial charge in [-0.2, -0.15) is 0 Å². The van der Waals surface area contributed by atoms with E-state index in [1.54, 1.807) is 0 Å². The third kappa shape index (κ3) is 5.14. The van der Waals surface area contributed by atoms with Gasteiger partial charge in [-0.25, -0.2) is 17.9 Å². The number of carbonyl (C=O) groups excluding carboxylic acids is 1. The van der Waals surface area contributed by atoms with Crippen LogP contribution in [-0.4, -0.2) is 45.2 Å². The fourth-order valence-corrected chi connectivity index (χ4v) is 2.49. The zero-order valence-electron chi connectivity index (χ0n) is 11.5. The Kier molecular flexibility index (Phi) is 5.82. The van der Waals surface area contributed by atoms with Crippen LogP contribution in [0.5, 0.6) is 0 Å². The molecule has 3 N–H and O–H groups in total. The largest absolute Gasteiger partial charge is 0.479 e. The molecule has 1 aromatic rings. The van der Waals surface area contributed by atoms with Crippen LogP contribution in [0.15, 0.2) is 29.2 Å². The Labute approximate surface area is 122 Å². The molecule has 8 nitrogen and oxygen atoms in total. The zero-order chi connectivity index (χ0) is 16.0. The van der Waals surface area contributed by atoms with Crippen molar-refractivity contribution >= 4 is 27.6 Å². The molecule has 0 fully saturated rings. The van der Waals surface area contributed by atoms with Crippen LogP contribution in [-0.2, 0) is 24.3 Å². The lowest BCUT2D eigenvalue weighted by molar-refractivity contribution is -0.147. The minimum absolute atomic E-state index is 0.0446. The molecule has 0 bridgehead atoms. The molecule has 0 heterocycles. The van der Waals surface area contributed by atoms with Gasteiger partial charge in [-0.3, -0.25) is 4.79 Å². The number of hydrogen-bond acceptors (Lipinski definition) is 5. The smallest absolute Gasteiger partial charge is 0.334 e. The van der Waals surface area contributed by atoms with Crippen molar-refractivity contribution in [1.29, 1.82) is 0 Å². The van der Waals surface area contributed by atoms with Gasteiger partial charge >= 0.3 is 5.97 Å². The first-order valence-corrected chi connectivity index (χ1v) is 7.37. The summed E-state index contributed by atoms with van der Waals surface area (Å²) in [6.45, 7) is 0.949. The number of amides is 1. The second kappa shape index (κ2) is 7.16. The molecule has 0 saturated carbocycles. The number of ether oxygens (including phenoxy) is 1. The van der Waals surface area contributed by atoms with Gasteiger partial charge in [0.05, 0.1) is 4.90 Å². The number of anilines is 1. The lowest BCUT2D eigenvalue weighted by Gasteiger charge is -2.12. The Bertz CT molecular complexity index is 611. The number of benzene rings is 1. The number of rotatable bonds is 7. The maximum atomic E-state index is 12.0. The van der Waals surface area contributed by atoms with E-state index in [0.717, 1.165) is 0 Å². The summed E-state index contributed by atoms with van der Waals surface area (Å²) in [7, 11) is -2.67. The monoisotopic (exact) mass is 316 g/mol. The molecule has 1 unspecified atom stereocenters. The molecule has 0 saturated heterocycles. The minimum atomic E-state index is -3.85. The second-order valence-corrected chi connectivity index (χ2v) is 5.89. The van der Waals surface area contributed by atoms with E-state index in [4.69, 9.17) is 5.11 Å². The van der Waals surface area contributed by atoms with E-state index in [1.165, 1.54) is 38.3 Å². The topological polar surface area (TPSA) is 122 Å². The number of carbonyl (C=O) groups is 2. The van der Waals surface area contributed by atoms with Gasteiger partial charge < -0.3 is 15.2 Å². The Hall–Kier alpha value is -1.97. The predicted molar refractivity (Wildman–Crippen MR) is 74.4 cm³/mol. The highest BCUT2D eigenvalue weighted by Gasteiger charge is 2.21. The second-order valence-electron chi connectivity index (χ2n) is 4.12. The van der Waals surface area contributed by atoms with Crippen molar-refractivity contribution < 1.29 is 27.9 Å². The number of carboxylic acid groups (broad SMARTS) is 1. The van der Waals surface area contributed by atoms with E-state index in [2.05, 4.69) is 14.8 Å². The highest BCUT2D eigenvalue weighted by molar-refractivity contribution is 7.89. The van der Waals surface area contributed by atoms with Crippen molar-refractivity contribution in [2.24, 2.45) is 0 Å². The number of sulfonamides is 1. The fraction of sp³-hybridized carbons (Fsp3) is 0.333. The van der Waals surface area contributed by atoms with Crippen LogP contribution in [0, 0.1) is 0 Å². The van der Waals surface area contributed by atoms with E-state index in [9.17, 15) is 18.0 Å². The molecule has 1 amide bonds. The van der Waals surface area contributed by atoms with Crippen LogP contribution in [0.2, 0.25) is 0 Å². The summed E-state index contributed by atoms with van der Waals surface area (Å²) in [6.07, 6.45) is -1.27. The normalized spacial score (nSPS) is 12.7. The highest BCUT2D eigenvalue weighted by Crippen LogP contribution is 2.14. The lowest BCUT2D eigenvalue weighted by atomic mass is 10.3. The van der Waals surface area contributed by atoms with Gasteiger partial charge in [-0.15, -0.1) is 0 Å². The summed E-state index contributed by atoms with van der Waals surface area (Å²) >= 11 is 0. The maximum absolute atomic E-state index is 12.0. The number of hydrogen-bond donors (Lipinski definition) is 3. The van der Waals surface area contributed by atoms with Crippen molar-refractivity contribution in [2.45, 2.75) is 17.9 Å². The molecule has 1 rings (SSSR count). The van der Waals surface area contributed by atoms with Crippen LogP contribution < -0.4 is 10.0 Å². The number of carboxylic acids is 1. The number of aliphatic carboxylic acids is 1. The van der Waals surface area contributed by atoms with Crippen LogP contribution in [0.25, 0.3) is 0 Å². The molecule has 0 radical (unpaired) electrons. The first kappa shape index (κ1) is 17.1. The summed E-state index contributed by atoms with van der Waals surface area (Å²) in [5.41, 5.74) is 0.460. The van der Waals surface area contributed by atoms with Crippen molar-refractivity contribution in [2.75, 3.05) is 19.0 Å². The van der Waals surface area contributed by atoms with Gasteiger partial charge in [0, 0.05) is 26.3 Å². The average molecular weight is 316 g/mol. The summed E-state index contributed by atoms with van der Waals surface area (Å²) in [4.78, 5) is 21.5. The molecule has 0 aliphatic heterocycles. The summed E-state index contributed by atoms with van der Waals surface area (Å²) < 4.78 is 30.7. The van der Waals surface area contributed by atoms with E-state index in [-0.39, 0.29) is 17.3 Å². The Morgan fingerprint density at radius 1 is 1.29 bits per heavy atom.